The lowest BCUT2D eigenvalue weighted by molar-refractivity contribution is 0.0996. The number of aromatic nitrogens is 2. The van der Waals surface area contributed by atoms with Crippen molar-refractivity contribution in [3.05, 3.63) is 94.6 Å². The largest absolute Gasteiger partial charge is 0.459 e. The molecule has 5 heterocycles. The molecule has 4 aromatic rings. The summed E-state index contributed by atoms with van der Waals surface area (Å²) in [7, 11) is 0. The molecule has 1 aliphatic rings. The second kappa shape index (κ2) is 9.79. The first-order chi connectivity index (χ1) is 16.6. The maximum Gasteiger partial charge on any atom is 0.291 e. The van der Waals surface area contributed by atoms with E-state index < -0.39 is 0 Å². The van der Waals surface area contributed by atoms with Gasteiger partial charge in [0.2, 0.25) is 0 Å². The molecule has 34 heavy (non-hydrogen) atoms. The summed E-state index contributed by atoms with van der Waals surface area (Å²) >= 11 is 1.61. The molecular weight excluding hydrogens is 446 g/mol. The summed E-state index contributed by atoms with van der Waals surface area (Å²) < 4.78 is 5.32. The third-order valence-electron chi connectivity index (χ3n) is 6.33. The number of aryl methyl sites for hydroxylation is 1. The Kier molecular flexibility index (Phi) is 6.42. The fourth-order valence-corrected chi connectivity index (χ4v) is 5.57. The Balaban J connectivity index is 1.47. The van der Waals surface area contributed by atoms with Gasteiger partial charge < -0.3 is 14.6 Å². The van der Waals surface area contributed by atoms with Crippen LogP contribution in [-0.2, 0) is 0 Å². The summed E-state index contributed by atoms with van der Waals surface area (Å²) in [6, 6.07) is 13.5. The molecule has 1 fully saturated rings. The van der Waals surface area contributed by atoms with E-state index in [9.17, 15) is 4.79 Å². The number of anilines is 2. The first kappa shape index (κ1) is 22.3. The zero-order valence-electron chi connectivity index (χ0n) is 19.3. The highest BCUT2D eigenvalue weighted by Crippen LogP contribution is 2.42. The SMILES string of the molecule is Cc1sc(NC(=O)c2ccco2)c([C@H](c2cccnc2)N2CCN(c3ccccn3)CC2)c1C. The van der Waals surface area contributed by atoms with Crippen molar-refractivity contribution in [3.8, 4) is 0 Å². The quantitative estimate of drug-likeness (QED) is 0.429. The molecule has 1 atom stereocenters. The van der Waals surface area contributed by atoms with Crippen molar-refractivity contribution in [1.29, 1.82) is 0 Å². The monoisotopic (exact) mass is 473 g/mol. The van der Waals surface area contributed by atoms with Gasteiger partial charge in [-0.1, -0.05) is 12.1 Å². The van der Waals surface area contributed by atoms with Gasteiger partial charge in [-0.05, 0) is 55.3 Å². The molecule has 1 N–H and O–H groups in total. The number of thiophene rings is 1. The summed E-state index contributed by atoms with van der Waals surface area (Å²) in [5.74, 6) is 1.07. The van der Waals surface area contributed by atoms with Gasteiger partial charge in [-0.3, -0.25) is 14.7 Å². The van der Waals surface area contributed by atoms with Crippen LogP contribution in [0.1, 0.15) is 38.2 Å². The van der Waals surface area contributed by atoms with Crippen molar-refractivity contribution in [2.75, 3.05) is 36.4 Å². The summed E-state index contributed by atoms with van der Waals surface area (Å²) in [5, 5.41) is 3.98. The third kappa shape index (κ3) is 4.47. The second-order valence-corrected chi connectivity index (χ2v) is 9.58. The number of piperazine rings is 1. The van der Waals surface area contributed by atoms with E-state index in [1.54, 1.807) is 29.7 Å². The van der Waals surface area contributed by atoms with Gasteiger partial charge >= 0.3 is 0 Å². The molecule has 0 spiro atoms. The van der Waals surface area contributed by atoms with Crippen LogP contribution in [0.2, 0.25) is 0 Å². The van der Waals surface area contributed by atoms with Crippen molar-refractivity contribution >= 4 is 28.1 Å². The number of carbonyl (C=O) groups excluding carboxylic acids is 1. The van der Waals surface area contributed by atoms with Crippen LogP contribution in [0.15, 0.2) is 71.7 Å². The maximum absolute atomic E-state index is 12.8. The Morgan fingerprint density at radius 1 is 1.06 bits per heavy atom. The molecule has 174 valence electrons. The molecule has 7 nitrogen and oxygen atoms in total. The fourth-order valence-electron chi connectivity index (χ4n) is 4.49. The molecule has 0 aromatic carbocycles. The van der Waals surface area contributed by atoms with Gasteiger partial charge in [0.1, 0.15) is 10.8 Å². The van der Waals surface area contributed by atoms with Gasteiger partial charge in [0, 0.05) is 55.2 Å². The molecule has 0 unspecified atom stereocenters. The Bertz CT molecular complexity index is 1230. The number of carbonyl (C=O) groups is 1. The van der Waals surface area contributed by atoms with Crippen LogP contribution >= 0.6 is 11.3 Å². The molecule has 4 aromatic heterocycles. The van der Waals surface area contributed by atoms with Crippen LogP contribution in [0.4, 0.5) is 10.8 Å². The van der Waals surface area contributed by atoms with Crippen molar-refractivity contribution in [2.45, 2.75) is 19.9 Å². The number of amides is 1. The van der Waals surface area contributed by atoms with Crippen LogP contribution in [0, 0.1) is 13.8 Å². The first-order valence-corrected chi connectivity index (χ1v) is 12.2. The maximum atomic E-state index is 12.8. The number of hydrogen-bond donors (Lipinski definition) is 1. The first-order valence-electron chi connectivity index (χ1n) is 11.4. The number of furan rings is 1. The summed E-state index contributed by atoms with van der Waals surface area (Å²) in [6.07, 6.45) is 7.08. The molecule has 1 aliphatic heterocycles. The molecule has 0 saturated carbocycles. The summed E-state index contributed by atoms with van der Waals surface area (Å²) in [5.41, 5.74) is 3.44. The lowest BCUT2D eigenvalue weighted by Crippen LogP contribution is -2.48. The molecular formula is C26H27N5O2S. The minimum Gasteiger partial charge on any atom is -0.459 e. The van der Waals surface area contributed by atoms with Gasteiger partial charge in [0.15, 0.2) is 5.76 Å². The van der Waals surface area contributed by atoms with E-state index in [2.05, 4.69) is 51.1 Å². The summed E-state index contributed by atoms with van der Waals surface area (Å²) in [6.45, 7) is 7.74. The summed E-state index contributed by atoms with van der Waals surface area (Å²) in [4.78, 5) is 27.8. The smallest absolute Gasteiger partial charge is 0.291 e. The van der Waals surface area contributed by atoms with Crippen LogP contribution in [-0.4, -0.2) is 47.0 Å². The van der Waals surface area contributed by atoms with Crippen LogP contribution in [0.25, 0.3) is 0 Å². The minimum absolute atomic E-state index is 0.0172. The highest BCUT2D eigenvalue weighted by atomic mass is 32.1. The highest BCUT2D eigenvalue weighted by Gasteiger charge is 2.32. The van der Waals surface area contributed by atoms with Crippen LogP contribution in [0.3, 0.4) is 0 Å². The van der Waals surface area contributed by atoms with Crippen molar-refractivity contribution in [3.63, 3.8) is 0 Å². The number of nitrogens with zero attached hydrogens (tertiary/aromatic N) is 4. The molecule has 1 amide bonds. The van der Waals surface area contributed by atoms with E-state index in [1.165, 1.54) is 16.7 Å². The van der Waals surface area contributed by atoms with Crippen LogP contribution < -0.4 is 10.2 Å². The second-order valence-electron chi connectivity index (χ2n) is 8.36. The van der Waals surface area contributed by atoms with Gasteiger partial charge in [0.25, 0.3) is 5.91 Å². The van der Waals surface area contributed by atoms with E-state index in [0.29, 0.717) is 5.76 Å². The molecule has 8 heteroatoms. The molecule has 0 bridgehead atoms. The van der Waals surface area contributed by atoms with Crippen molar-refractivity contribution in [1.82, 2.24) is 14.9 Å². The van der Waals surface area contributed by atoms with E-state index in [0.717, 1.165) is 48.1 Å². The van der Waals surface area contributed by atoms with E-state index in [-0.39, 0.29) is 11.9 Å². The average molecular weight is 474 g/mol. The predicted molar refractivity (Wildman–Crippen MR) is 135 cm³/mol. The Hall–Kier alpha value is -3.49. The van der Waals surface area contributed by atoms with Crippen molar-refractivity contribution in [2.24, 2.45) is 0 Å². The van der Waals surface area contributed by atoms with Gasteiger partial charge in [-0.15, -0.1) is 11.3 Å². The van der Waals surface area contributed by atoms with Gasteiger partial charge in [0.05, 0.1) is 12.3 Å². The number of hydrogen-bond acceptors (Lipinski definition) is 7. The Labute approximate surface area is 203 Å². The Morgan fingerprint density at radius 2 is 1.91 bits per heavy atom. The number of pyridine rings is 2. The predicted octanol–water partition coefficient (Wildman–Crippen LogP) is 4.91. The van der Waals surface area contributed by atoms with Crippen molar-refractivity contribution < 1.29 is 9.21 Å². The average Bonchev–Trinajstić information content (AvgIpc) is 3.51. The molecule has 1 saturated heterocycles. The number of nitrogens with one attached hydrogen (secondary N) is 1. The zero-order chi connectivity index (χ0) is 23.5. The molecule has 5 rings (SSSR count). The minimum atomic E-state index is -0.239. The zero-order valence-corrected chi connectivity index (χ0v) is 20.1. The lowest BCUT2D eigenvalue weighted by Gasteiger charge is -2.40. The van der Waals surface area contributed by atoms with Gasteiger partial charge in [-0.2, -0.15) is 0 Å². The number of rotatable bonds is 6. The fraction of sp³-hybridized carbons (Fsp3) is 0.269. The van der Waals surface area contributed by atoms with Gasteiger partial charge in [-0.25, -0.2) is 4.98 Å². The third-order valence-corrected chi connectivity index (χ3v) is 7.47. The standard InChI is InChI=1S/C26H27N5O2S/c1-18-19(2)34-26(29-25(32)21-8-6-16-33-21)23(18)24(20-7-5-10-27-17-20)31-14-12-30(13-15-31)22-9-3-4-11-28-22/h3-11,16-17,24H,12-15H2,1-2H3,(H,29,32)/t24-/m0/s1. The van der Waals surface area contributed by atoms with E-state index >= 15 is 0 Å². The normalized spacial score (nSPS) is 15.3. The van der Waals surface area contributed by atoms with E-state index in [1.807, 2.05) is 30.6 Å². The molecule has 0 radical (unpaired) electrons. The van der Waals surface area contributed by atoms with Crippen LogP contribution in [0.5, 0.6) is 0 Å². The molecule has 0 aliphatic carbocycles. The topological polar surface area (TPSA) is 74.5 Å². The lowest BCUT2D eigenvalue weighted by atomic mass is 9.95. The Morgan fingerprint density at radius 3 is 2.59 bits per heavy atom. The highest BCUT2D eigenvalue weighted by molar-refractivity contribution is 7.16. The van der Waals surface area contributed by atoms with E-state index in [4.69, 9.17) is 4.42 Å².